The molecule has 0 amide bonds. The van der Waals surface area contributed by atoms with Crippen LogP contribution in [0.2, 0.25) is 0 Å². The molecule has 0 spiro atoms. The average molecular weight is 247 g/mol. The van der Waals surface area contributed by atoms with Crippen LogP contribution >= 0.6 is 0 Å². The maximum atomic E-state index is 13.6. The molecule has 1 aromatic carbocycles. The molecule has 1 N–H and O–H groups in total. The molecule has 17 heavy (non-hydrogen) atoms. The summed E-state index contributed by atoms with van der Waals surface area (Å²) in [6, 6.07) is 3.94. The molecule has 1 aromatic rings. The lowest BCUT2D eigenvalue weighted by Crippen LogP contribution is -2.20. The fraction of sp³-hybridized carbons (Fsp3) is 0.500. The first kappa shape index (κ1) is 13.8. The second-order valence-corrected chi connectivity index (χ2v) is 3.63. The summed E-state index contributed by atoms with van der Waals surface area (Å²) >= 11 is 0. The maximum absolute atomic E-state index is 13.6. The third-order valence-electron chi connectivity index (χ3n) is 2.32. The highest BCUT2D eigenvalue weighted by Gasteiger charge is 2.16. The zero-order valence-corrected chi connectivity index (χ0v) is 9.84. The molecule has 0 heterocycles. The van der Waals surface area contributed by atoms with Gasteiger partial charge in [-0.1, -0.05) is 13.0 Å². The number of ether oxygens (including phenoxy) is 1. The first-order valence-corrected chi connectivity index (χ1v) is 5.49. The summed E-state index contributed by atoms with van der Waals surface area (Å²) < 4.78 is 42.7. The van der Waals surface area contributed by atoms with E-state index in [4.69, 9.17) is 4.74 Å². The summed E-state index contributed by atoms with van der Waals surface area (Å²) in [5.41, 5.74) is 0.287. The maximum Gasteiger partial charge on any atom is 0.272 e. The fourth-order valence-electron chi connectivity index (χ4n) is 1.62. The van der Waals surface area contributed by atoms with Gasteiger partial charge in [-0.3, -0.25) is 0 Å². The minimum absolute atomic E-state index is 0.166. The molecule has 0 fully saturated rings. The van der Waals surface area contributed by atoms with Crippen molar-refractivity contribution in [2.75, 3.05) is 13.2 Å². The predicted octanol–water partition coefficient (Wildman–Crippen LogP) is 3.14. The Kier molecular flexibility index (Phi) is 5.28. The number of alkyl halides is 2. The Morgan fingerprint density at radius 1 is 1.35 bits per heavy atom. The molecule has 1 unspecified atom stereocenters. The number of rotatable bonds is 6. The third kappa shape index (κ3) is 3.93. The van der Waals surface area contributed by atoms with Crippen LogP contribution < -0.4 is 10.1 Å². The van der Waals surface area contributed by atoms with E-state index in [0.717, 1.165) is 0 Å². The Bertz CT molecular complexity index is 358. The molecule has 0 aliphatic carbocycles. The van der Waals surface area contributed by atoms with E-state index >= 15 is 0 Å². The van der Waals surface area contributed by atoms with Crippen LogP contribution in [0.1, 0.15) is 25.5 Å². The van der Waals surface area contributed by atoms with Crippen molar-refractivity contribution < 1.29 is 17.9 Å². The van der Waals surface area contributed by atoms with Crippen LogP contribution in [0, 0.1) is 5.82 Å². The quantitative estimate of drug-likeness (QED) is 0.833. The lowest BCUT2D eigenvalue weighted by atomic mass is 10.1. The Hall–Kier alpha value is -1.23. The van der Waals surface area contributed by atoms with E-state index in [-0.39, 0.29) is 17.4 Å². The van der Waals surface area contributed by atoms with Crippen molar-refractivity contribution in [2.45, 2.75) is 26.3 Å². The highest BCUT2D eigenvalue weighted by Crippen LogP contribution is 2.28. The standard InChI is InChI=1S/C12H16F3NO/c1-3-16-8(2)12-9(13)5-4-6-10(12)17-7-11(14)15/h4-6,8,11,16H,3,7H2,1-2H3. The van der Waals surface area contributed by atoms with Crippen molar-refractivity contribution in [3.63, 3.8) is 0 Å². The Labute approximate surface area is 98.8 Å². The lowest BCUT2D eigenvalue weighted by Gasteiger charge is -2.18. The van der Waals surface area contributed by atoms with Gasteiger partial charge in [0.25, 0.3) is 6.43 Å². The van der Waals surface area contributed by atoms with E-state index in [1.54, 1.807) is 6.92 Å². The molecule has 0 aliphatic rings. The van der Waals surface area contributed by atoms with Crippen molar-refractivity contribution >= 4 is 0 Å². The minimum Gasteiger partial charge on any atom is -0.487 e. The lowest BCUT2D eigenvalue weighted by molar-refractivity contribution is 0.0809. The average Bonchev–Trinajstić information content (AvgIpc) is 2.26. The van der Waals surface area contributed by atoms with Crippen molar-refractivity contribution in [1.29, 1.82) is 0 Å². The molecule has 0 bridgehead atoms. The van der Waals surface area contributed by atoms with Gasteiger partial charge in [-0.05, 0) is 25.6 Å². The minimum atomic E-state index is -2.57. The zero-order valence-electron chi connectivity index (χ0n) is 9.84. The monoisotopic (exact) mass is 247 g/mol. The summed E-state index contributed by atoms with van der Waals surface area (Å²) in [6.45, 7) is 3.58. The molecule has 0 saturated carbocycles. The fourth-order valence-corrected chi connectivity index (χ4v) is 1.62. The molecule has 2 nitrogen and oxygen atoms in total. The number of hydrogen-bond acceptors (Lipinski definition) is 2. The van der Waals surface area contributed by atoms with Crippen molar-refractivity contribution in [3.8, 4) is 5.75 Å². The highest BCUT2D eigenvalue weighted by atomic mass is 19.3. The molecular weight excluding hydrogens is 231 g/mol. The second kappa shape index (κ2) is 6.49. The Morgan fingerprint density at radius 2 is 2.06 bits per heavy atom. The summed E-state index contributed by atoms with van der Waals surface area (Å²) in [5.74, 6) is -0.288. The first-order valence-electron chi connectivity index (χ1n) is 5.49. The summed E-state index contributed by atoms with van der Waals surface area (Å²) in [5, 5.41) is 3.02. The summed E-state index contributed by atoms with van der Waals surface area (Å²) in [6.07, 6.45) is -2.57. The van der Waals surface area contributed by atoms with E-state index in [9.17, 15) is 13.2 Å². The van der Waals surface area contributed by atoms with Crippen molar-refractivity contribution in [2.24, 2.45) is 0 Å². The van der Waals surface area contributed by atoms with E-state index in [1.807, 2.05) is 6.92 Å². The normalized spacial score (nSPS) is 12.8. The van der Waals surface area contributed by atoms with E-state index in [2.05, 4.69) is 5.32 Å². The molecule has 0 aromatic heterocycles. The van der Waals surface area contributed by atoms with Gasteiger partial charge in [-0.15, -0.1) is 0 Å². The Morgan fingerprint density at radius 3 is 2.65 bits per heavy atom. The molecule has 1 atom stereocenters. The van der Waals surface area contributed by atoms with E-state index in [1.165, 1.54) is 18.2 Å². The van der Waals surface area contributed by atoms with Crippen molar-refractivity contribution in [1.82, 2.24) is 5.32 Å². The Balaban J connectivity index is 2.91. The van der Waals surface area contributed by atoms with Gasteiger partial charge in [-0.25, -0.2) is 13.2 Å². The number of benzene rings is 1. The van der Waals surface area contributed by atoms with Crippen molar-refractivity contribution in [3.05, 3.63) is 29.6 Å². The van der Waals surface area contributed by atoms with E-state index < -0.39 is 18.8 Å². The SMILES string of the molecule is CCNC(C)c1c(F)cccc1OCC(F)F. The molecule has 96 valence electrons. The predicted molar refractivity (Wildman–Crippen MR) is 60.0 cm³/mol. The molecular formula is C12H16F3NO. The van der Waals surface area contributed by atoms with Crippen LogP contribution in [-0.2, 0) is 0 Å². The summed E-state index contributed by atoms with van der Waals surface area (Å²) in [4.78, 5) is 0. The first-order chi connectivity index (χ1) is 8.06. The smallest absolute Gasteiger partial charge is 0.272 e. The van der Waals surface area contributed by atoms with Crippen LogP contribution in [0.15, 0.2) is 18.2 Å². The van der Waals surface area contributed by atoms with E-state index in [0.29, 0.717) is 6.54 Å². The molecule has 0 saturated heterocycles. The third-order valence-corrected chi connectivity index (χ3v) is 2.32. The number of hydrogen-bond donors (Lipinski definition) is 1. The van der Waals surface area contributed by atoms with Gasteiger partial charge in [-0.2, -0.15) is 0 Å². The second-order valence-electron chi connectivity index (χ2n) is 3.63. The highest BCUT2D eigenvalue weighted by molar-refractivity contribution is 5.37. The molecule has 0 aliphatic heterocycles. The van der Waals surface area contributed by atoms with Gasteiger partial charge in [0.15, 0.2) is 0 Å². The van der Waals surface area contributed by atoms with Crippen LogP contribution in [0.5, 0.6) is 5.75 Å². The summed E-state index contributed by atoms with van der Waals surface area (Å²) in [7, 11) is 0. The zero-order chi connectivity index (χ0) is 12.8. The van der Waals surface area contributed by atoms with Crippen LogP contribution in [0.4, 0.5) is 13.2 Å². The largest absolute Gasteiger partial charge is 0.487 e. The number of nitrogens with one attached hydrogen (secondary N) is 1. The molecule has 5 heteroatoms. The molecule has 1 rings (SSSR count). The number of halogens is 3. The van der Waals surface area contributed by atoms with Crippen LogP contribution in [0.3, 0.4) is 0 Å². The van der Waals surface area contributed by atoms with Gasteiger partial charge in [0.2, 0.25) is 0 Å². The van der Waals surface area contributed by atoms with Gasteiger partial charge in [0.1, 0.15) is 18.2 Å². The van der Waals surface area contributed by atoms with Gasteiger partial charge >= 0.3 is 0 Å². The molecule has 0 radical (unpaired) electrons. The van der Waals surface area contributed by atoms with Crippen LogP contribution in [-0.4, -0.2) is 19.6 Å². The van der Waals surface area contributed by atoms with Gasteiger partial charge in [0.05, 0.1) is 0 Å². The van der Waals surface area contributed by atoms with Crippen LogP contribution in [0.25, 0.3) is 0 Å². The topological polar surface area (TPSA) is 21.3 Å². The van der Waals surface area contributed by atoms with Gasteiger partial charge < -0.3 is 10.1 Å². The van der Waals surface area contributed by atoms with Gasteiger partial charge in [0, 0.05) is 11.6 Å².